The molecular formula is C38H19N3O2. The summed E-state index contributed by atoms with van der Waals surface area (Å²) < 4.78 is 15.0. The standard InChI is InChI=1S/C38H19N3O2/c39-20-22-12-17-32-30(18-22)26-6-1-3-9-31(26)41(32)33-10-5-8-29-36-25(15-14-24(21-40)37(36)43-38(29)33)23-13-16-28-27-7-2-4-11-34(27)42-35(28)19-23/h1-19H. The SMILES string of the molecule is N#Cc1ccc2c(c1)c1ccccc1n2-c1cccc2c1oc1c(C#N)ccc(-c3ccc4c(c3)oc3ccccc34)c12. The lowest BCUT2D eigenvalue weighted by molar-refractivity contribution is 0.665. The Hall–Kier alpha value is -6.30. The Labute approximate surface area is 244 Å². The lowest BCUT2D eigenvalue weighted by atomic mass is 9.96. The number of fused-ring (bicyclic) bond motifs is 9. The van der Waals surface area contributed by atoms with Crippen LogP contribution in [-0.4, -0.2) is 4.57 Å². The van der Waals surface area contributed by atoms with Crippen molar-refractivity contribution in [2.45, 2.75) is 0 Å². The molecule has 3 aromatic heterocycles. The van der Waals surface area contributed by atoms with Crippen molar-refractivity contribution in [2.24, 2.45) is 0 Å². The van der Waals surface area contributed by atoms with E-state index in [1.807, 2.05) is 72.8 Å². The third-order valence-electron chi connectivity index (χ3n) is 8.48. The van der Waals surface area contributed by atoms with Crippen molar-refractivity contribution in [1.82, 2.24) is 4.57 Å². The highest BCUT2D eigenvalue weighted by atomic mass is 16.3. The van der Waals surface area contributed by atoms with E-state index in [1.54, 1.807) is 0 Å². The number of nitriles is 2. The maximum absolute atomic E-state index is 10.1. The summed E-state index contributed by atoms with van der Waals surface area (Å²) in [5, 5.41) is 25.7. The van der Waals surface area contributed by atoms with Crippen LogP contribution in [0.3, 0.4) is 0 Å². The summed E-state index contributed by atoms with van der Waals surface area (Å²) >= 11 is 0. The van der Waals surface area contributed by atoms with Gasteiger partial charge in [-0.3, -0.25) is 0 Å². The average Bonchev–Trinajstić information content (AvgIpc) is 3.73. The van der Waals surface area contributed by atoms with Crippen LogP contribution in [0, 0.1) is 22.7 Å². The lowest BCUT2D eigenvalue weighted by Crippen LogP contribution is -1.94. The van der Waals surface area contributed by atoms with Crippen molar-refractivity contribution in [2.75, 3.05) is 0 Å². The largest absolute Gasteiger partial charge is 0.456 e. The van der Waals surface area contributed by atoms with Gasteiger partial charge in [0.2, 0.25) is 0 Å². The third kappa shape index (κ3) is 3.19. The van der Waals surface area contributed by atoms with Gasteiger partial charge in [0.25, 0.3) is 0 Å². The summed E-state index contributed by atoms with van der Waals surface area (Å²) in [6.07, 6.45) is 0. The molecule has 0 spiro atoms. The van der Waals surface area contributed by atoms with Crippen LogP contribution in [0.4, 0.5) is 0 Å². The van der Waals surface area contributed by atoms with E-state index in [9.17, 15) is 10.5 Å². The van der Waals surface area contributed by atoms with Gasteiger partial charge in [0, 0.05) is 32.3 Å². The van der Waals surface area contributed by atoms with Crippen LogP contribution in [0.5, 0.6) is 0 Å². The van der Waals surface area contributed by atoms with Crippen molar-refractivity contribution in [3.8, 4) is 29.0 Å². The molecule has 0 atom stereocenters. The average molecular weight is 550 g/mol. The molecule has 0 saturated heterocycles. The second kappa shape index (κ2) is 8.60. The molecule has 0 unspecified atom stereocenters. The van der Waals surface area contributed by atoms with Crippen molar-refractivity contribution in [1.29, 1.82) is 10.5 Å². The third-order valence-corrected chi connectivity index (χ3v) is 8.48. The Kier molecular flexibility index (Phi) is 4.68. The van der Waals surface area contributed by atoms with Gasteiger partial charge in [-0.25, -0.2) is 0 Å². The fraction of sp³-hybridized carbons (Fsp3) is 0. The fourth-order valence-corrected chi connectivity index (χ4v) is 6.59. The van der Waals surface area contributed by atoms with Gasteiger partial charge in [-0.15, -0.1) is 0 Å². The van der Waals surface area contributed by atoms with E-state index < -0.39 is 0 Å². The van der Waals surface area contributed by atoms with Gasteiger partial charge < -0.3 is 13.4 Å². The van der Waals surface area contributed by atoms with Crippen LogP contribution in [-0.2, 0) is 0 Å². The number of hydrogen-bond donors (Lipinski definition) is 0. The van der Waals surface area contributed by atoms with Crippen LogP contribution in [0.1, 0.15) is 11.1 Å². The van der Waals surface area contributed by atoms with Crippen molar-refractivity contribution >= 4 is 65.7 Å². The van der Waals surface area contributed by atoms with Crippen LogP contribution in [0.15, 0.2) is 124 Å². The maximum Gasteiger partial charge on any atom is 0.159 e. The number of hydrogen-bond acceptors (Lipinski definition) is 4. The summed E-state index contributed by atoms with van der Waals surface area (Å²) in [5.41, 5.74) is 8.81. The first-order chi connectivity index (χ1) is 21.2. The van der Waals surface area contributed by atoms with E-state index in [1.165, 1.54) is 0 Å². The van der Waals surface area contributed by atoms with Gasteiger partial charge >= 0.3 is 0 Å². The van der Waals surface area contributed by atoms with Gasteiger partial charge in [0.05, 0.1) is 33.9 Å². The monoisotopic (exact) mass is 549 g/mol. The molecule has 0 aliphatic carbocycles. The first kappa shape index (κ1) is 23.4. The van der Waals surface area contributed by atoms with E-state index in [0.717, 1.165) is 71.3 Å². The first-order valence-corrected chi connectivity index (χ1v) is 14.0. The molecule has 9 rings (SSSR count). The molecule has 6 aromatic carbocycles. The Morgan fingerprint density at radius 1 is 0.535 bits per heavy atom. The molecule has 9 aromatic rings. The summed E-state index contributed by atoms with van der Waals surface area (Å²) in [6.45, 7) is 0. The molecule has 198 valence electrons. The minimum Gasteiger partial charge on any atom is -0.456 e. The highest BCUT2D eigenvalue weighted by molar-refractivity contribution is 6.17. The number of aromatic nitrogens is 1. The molecule has 0 aliphatic heterocycles. The summed E-state index contributed by atoms with van der Waals surface area (Å²) in [6, 6.07) is 42.8. The Morgan fingerprint density at radius 3 is 2.21 bits per heavy atom. The molecule has 43 heavy (non-hydrogen) atoms. The van der Waals surface area contributed by atoms with E-state index in [4.69, 9.17) is 8.83 Å². The van der Waals surface area contributed by atoms with Crippen molar-refractivity contribution < 1.29 is 8.83 Å². The smallest absolute Gasteiger partial charge is 0.159 e. The number of rotatable bonds is 2. The molecule has 5 nitrogen and oxygen atoms in total. The molecule has 0 bridgehead atoms. The summed E-state index contributed by atoms with van der Waals surface area (Å²) in [4.78, 5) is 0. The van der Waals surface area contributed by atoms with Crippen LogP contribution >= 0.6 is 0 Å². The molecule has 0 saturated carbocycles. The second-order valence-electron chi connectivity index (χ2n) is 10.7. The fourth-order valence-electron chi connectivity index (χ4n) is 6.59. The van der Waals surface area contributed by atoms with E-state index in [-0.39, 0.29) is 0 Å². The normalized spacial score (nSPS) is 11.7. The van der Waals surface area contributed by atoms with E-state index in [2.05, 4.69) is 59.2 Å². The summed E-state index contributed by atoms with van der Waals surface area (Å²) in [7, 11) is 0. The predicted molar refractivity (Wildman–Crippen MR) is 170 cm³/mol. The molecular weight excluding hydrogens is 530 g/mol. The summed E-state index contributed by atoms with van der Waals surface area (Å²) in [5.74, 6) is 0. The number of para-hydroxylation sites is 3. The van der Waals surface area contributed by atoms with Crippen LogP contribution in [0.25, 0.3) is 82.5 Å². The minimum absolute atomic E-state index is 0.478. The zero-order valence-corrected chi connectivity index (χ0v) is 22.6. The van der Waals surface area contributed by atoms with Crippen LogP contribution < -0.4 is 0 Å². The highest BCUT2D eigenvalue weighted by Gasteiger charge is 2.21. The first-order valence-electron chi connectivity index (χ1n) is 14.0. The van der Waals surface area contributed by atoms with Crippen LogP contribution in [0.2, 0.25) is 0 Å². The Balaban J connectivity index is 1.36. The predicted octanol–water partition coefficient (Wildman–Crippen LogP) is 9.99. The van der Waals surface area contributed by atoms with Gasteiger partial charge in [0.15, 0.2) is 11.2 Å². The second-order valence-corrected chi connectivity index (χ2v) is 10.7. The van der Waals surface area contributed by atoms with Gasteiger partial charge in [-0.2, -0.15) is 10.5 Å². The van der Waals surface area contributed by atoms with Gasteiger partial charge in [0.1, 0.15) is 17.2 Å². The topological polar surface area (TPSA) is 78.8 Å². The molecule has 0 N–H and O–H groups in total. The molecule has 3 heterocycles. The quantitative estimate of drug-likeness (QED) is 0.215. The van der Waals surface area contributed by atoms with Gasteiger partial charge in [-0.1, -0.05) is 60.7 Å². The number of nitrogens with zero attached hydrogens (tertiary/aromatic N) is 3. The lowest BCUT2D eigenvalue weighted by Gasteiger charge is -2.08. The zero-order chi connectivity index (χ0) is 28.7. The van der Waals surface area contributed by atoms with E-state index >= 15 is 0 Å². The number of furan rings is 2. The molecule has 0 aliphatic rings. The van der Waals surface area contributed by atoms with Gasteiger partial charge in [-0.05, 0) is 65.7 Å². The Bertz CT molecular complexity index is 2710. The Morgan fingerprint density at radius 2 is 1.33 bits per heavy atom. The minimum atomic E-state index is 0.478. The molecule has 0 fully saturated rings. The molecule has 5 heteroatoms. The molecule has 0 amide bonds. The molecule has 0 radical (unpaired) electrons. The highest BCUT2D eigenvalue weighted by Crippen LogP contribution is 2.43. The number of benzene rings is 6. The zero-order valence-electron chi connectivity index (χ0n) is 22.6. The van der Waals surface area contributed by atoms with Crippen molar-refractivity contribution in [3.05, 3.63) is 126 Å². The van der Waals surface area contributed by atoms with E-state index in [0.29, 0.717) is 22.3 Å². The maximum atomic E-state index is 10.1. The van der Waals surface area contributed by atoms with Crippen molar-refractivity contribution in [3.63, 3.8) is 0 Å².